The number of halogens is 3. The molecule has 3 nitrogen and oxygen atoms in total. The molecule has 36 heavy (non-hydrogen) atoms. The molecule has 188 valence electrons. The van der Waals surface area contributed by atoms with Crippen molar-refractivity contribution in [1.82, 2.24) is 4.90 Å². The van der Waals surface area contributed by atoms with Crippen LogP contribution < -0.4 is 0 Å². The zero-order valence-electron chi connectivity index (χ0n) is 20.2. The SMILES string of the molecule is Cc1cc(SCc2cc(-c3ccc(C(F)(F)F)cc3)oc2CN(C)CCc2ccccc2)ccc1O. The van der Waals surface area contributed by atoms with Gasteiger partial charge in [0.25, 0.3) is 0 Å². The van der Waals surface area contributed by atoms with Crippen LogP contribution >= 0.6 is 11.8 Å². The molecule has 0 fully saturated rings. The van der Waals surface area contributed by atoms with Gasteiger partial charge in [-0.2, -0.15) is 13.2 Å². The van der Waals surface area contributed by atoms with Crippen LogP contribution in [-0.4, -0.2) is 23.6 Å². The third-order valence-electron chi connectivity index (χ3n) is 5.99. The summed E-state index contributed by atoms with van der Waals surface area (Å²) in [5, 5.41) is 9.80. The van der Waals surface area contributed by atoms with E-state index in [2.05, 4.69) is 17.0 Å². The number of aromatic hydroxyl groups is 1. The molecular formula is C29H28F3NO2S. The van der Waals surface area contributed by atoms with Crippen molar-refractivity contribution in [3.8, 4) is 17.1 Å². The first-order chi connectivity index (χ1) is 17.2. The van der Waals surface area contributed by atoms with Crippen molar-refractivity contribution in [2.45, 2.75) is 36.7 Å². The Morgan fingerprint density at radius 1 is 0.944 bits per heavy atom. The second-order valence-corrected chi connectivity index (χ2v) is 9.89. The average molecular weight is 512 g/mol. The van der Waals surface area contributed by atoms with Gasteiger partial charge in [0.15, 0.2) is 0 Å². The number of hydrogen-bond acceptors (Lipinski definition) is 4. The van der Waals surface area contributed by atoms with Gasteiger partial charge in [-0.3, -0.25) is 4.90 Å². The number of likely N-dealkylation sites (N-methyl/N-ethyl adjacent to an activating group) is 1. The number of aryl methyl sites for hydroxylation is 1. The van der Waals surface area contributed by atoms with Crippen LogP contribution in [0.3, 0.4) is 0 Å². The highest BCUT2D eigenvalue weighted by atomic mass is 32.2. The van der Waals surface area contributed by atoms with Crippen LogP contribution in [0.2, 0.25) is 0 Å². The fourth-order valence-corrected chi connectivity index (χ4v) is 4.85. The van der Waals surface area contributed by atoms with Crippen molar-refractivity contribution >= 4 is 11.8 Å². The Labute approximate surface area is 213 Å². The van der Waals surface area contributed by atoms with E-state index < -0.39 is 11.7 Å². The molecule has 0 radical (unpaired) electrons. The Kier molecular flexibility index (Phi) is 8.11. The van der Waals surface area contributed by atoms with Gasteiger partial charge in [0.1, 0.15) is 17.3 Å². The third-order valence-corrected chi connectivity index (χ3v) is 7.04. The first-order valence-corrected chi connectivity index (χ1v) is 12.6. The number of furan rings is 1. The second-order valence-electron chi connectivity index (χ2n) is 8.84. The summed E-state index contributed by atoms with van der Waals surface area (Å²) in [6.07, 6.45) is -3.47. The van der Waals surface area contributed by atoms with Gasteiger partial charge in [-0.25, -0.2) is 0 Å². The molecule has 0 aliphatic rings. The molecule has 3 aromatic carbocycles. The number of rotatable bonds is 9. The van der Waals surface area contributed by atoms with Gasteiger partial charge in [-0.05, 0) is 67.9 Å². The Bertz CT molecular complexity index is 1280. The molecule has 4 rings (SSSR count). The van der Waals surface area contributed by atoms with Crippen molar-refractivity contribution in [2.75, 3.05) is 13.6 Å². The number of alkyl halides is 3. The number of phenolic OH excluding ortho intramolecular Hbond substituents is 1. The first-order valence-electron chi connectivity index (χ1n) is 11.6. The molecular weight excluding hydrogens is 483 g/mol. The molecule has 0 saturated carbocycles. The third kappa shape index (κ3) is 6.74. The minimum absolute atomic E-state index is 0.257. The Balaban J connectivity index is 1.53. The van der Waals surface area contributed by atoms with E-state index in [4.69, 9.17) is 4.42 Å². The summed E-state index contributed by atoms with van der Waals surface area (Å²) in [5.74, 6) is 2.24. The lowest BCUT2D eigenvalue weighted by Gasteiger charge is -2.16. The number of nitrogens with zero attached hydrogens (tertiary/aromatic N) is 1. The summed E-state index contributed by atoms with van der Waals surface area (Å²) in [6.45, 7) is 3.27. The van der Waals surface area contributed by atoms with Crippen LogP contribution in [0.25, 0.3) is 11.3 Å². The predicted octanol–water partition coefficient (Wildman–Crippen LogP) is 7.95. The molecule has 0 amide bonds. The van der Waals surface area contributed by atoms with Crippen LogP contribution in [0.15, 0.2) is 88.2 Å². The number of thioether (sulfide) groups is 1. The number of phenols is 1. The zero-order chi connectivity index (χ0) is 25.7. The fourth-order valence-electron chi connectivity index (χ4n) is 3.86. The zero-order valence-corrected chi connectivity index (χ0v) is 21.0. The Morgan fingerprint density at radius 3 is 2.33 bits per heavy atom. The molecule has 4 aromatic rings. The molecule has 0 unspecified atom stereocenters. The Morgan fingerprint density at radius 2 is 1.67 bits per heavy atom. The van der Waals surface area contributed by atoms with Crippen molar-refractivity contribution in [3.63, 3.8) is 0 Å². The van der Waals surface area contributed by atoms with E-state index in [0.717, 1.165) is 46.9 Å². The van der Waals surface area contributed by atoms with E-state index in [0.29, 0.717) is 23.6 Å². The van der Waals surface area contributed by atoms with Crippen LogP contribution in [-0.2, 0) is 24.9 Å². The standard InChI is InChI=1S/C29H28F3NO2S/c1-20-16-25(12-13-26(20)34)36-19-23-17-27(22-8-10-24(11-9-22)29(30,31)32)35-28(23)18-33(2)15-14-21-6-4-3-5-7-21/h3-13,16-17,34H,14-15,18-19H2,1-2H3. The molecule has 0 spiro atoms. The van der Waals surface area contributed by atoms with Gasteiger partial charge < -0.3 is 9.52 Å². The van der Waals surface area contributed by atoms with Gasteiger partial charge in [0.05, 0.1) is 12.1 Å². The average Bonchev–Trinajstić information content (AvgIpc) is 3.26. The highest BCUT2D eigenvalue weighted by molar-refractivity contribution is 7.98. The minimum Gasteiger partial charge on any atom is -0.508 e. The normalized spacial score (nSPS) is 11.8. The van der Waals surface area contributed by atoms with Crippen LogP contribution in [0.1, 0.15) is 28.0 Å². The van der Waals surface area contributed by atoms with E-state index >= 15 is 0 Å². The molecule has 0 aliphatic carbocycles. The largest absolute Gasteiger partial charge is 0.508 e. The van der Waals surface area contributed by atoms with Gasteiger partial charge >= 0.3 is 6.18 Å². The lowest BCUT2D eigenvalue weighted by atomic mass is 10.1. The molecule has 7 heteroatoms. The summed E-state index contributed by atoms with van der Waals surface area (Å²) < 4.78 is 45.2. The molecule has 1 N–H and O–H groups in total. The first kappa shape index (κ1) is 25.9. The van der Waals surface area contributed by atoms with E-state index in [-0.39, 0.29) is 5.75 Å². The van der Waals surface area contributed by atoms with E-state index in [1.54, 1.807) is 17.8 Å². The van der Waals surface area contributed by atoms with Crippen molar-refractivity contribution in [3.05, 3.63) is 107 Å². The number of hydrogen-bond donors (Lipinski definition) is 1. The van der Waals surface area contributed by atoms with Crippen molar-refractivity contribution in [1.29, 1.82) is 0 Å². The maximum absolute atomic E-state index is 13.0. The Hall–Kier alpha value is -3.16. The molecule has 0 bridgehead atoms. The predicted molar refractivity (Wildman–Crippen MR) is 138 cm³/mol. The highest BCUT2D eigenvalue weighted by Crippen LogP contribution is 2.35. The topological polar surface area (TPSA) is 36.6 Å². The monoisotopic (exact) mass is 511 g/mol. The van der Waals surface area contributed by atoms with E-state index in [1.807, 2.05) is 50.4 Å². The second kappa shape index (κ2) is 11.3. The van der Waals surface area contributed by atoms with Crippen LogP contribution in [0, 0.1) is 6.92 Å². The maximum Gasteiger partial charge on any atom is 0.416 e. The van der Waals surface area contributed by atoms with E-state index in [1.165, 1.54) is 17.7 Å². The molecule has 1 heterocycles. The molecule has 0 atom stereocenters. The fraction of sp³-hybridized carbons (Fsp3) is 0.241. The molecule has 0 aliphatic heterocycles. The summed E-state index contributed by atoms with van der Waals surface area (Å²) in [7, 11) is 2.03. The number of benzene rings is 3. The maximum atomic E-state index is 13.0. The smallest absolute Gasteiger partial charge is 0.416 e. The lowest BCUT2D eigenvalue weighted by Crippen LogP contribution is -2.21. The van der Waals surface area contributed by atoms with Crippen LogP contribution in [0.4, 0.5) is 13.2 Å². The van der Waals surface area contributed by atoms with E-state index in [9.17, 15) is 18.3 Å². The van der Waals surface area contributed by atoms with Gasteiger partial charge in [-0.1, -0.05) is 42.5 Å². The quantitative estimate of drug-likeness (QED) is 0.231. The molecule has 1 aromatic heterocycles. The molecule has 0 saturated heterocycles. The van der Waals surface area contributed by atoms with Gasteiger partial charge in [0.2, 0.25) is 0 Å². The summed E-state index contributed by atoms with van der Waals surface area (Å²) >= 11 is 1.62. The summed E-state index contributed by atoms with van der Waals surface area (Å²) in [5.41, 5.74) is 2.98. The van der Waals surface area contributed by atoms with Gasteiger partial charge in [0, 0.05) is 28.3 Å². The van der Waals surface area contributed by atoms with Gasteiger partial charge in [-0.15, -0.1) is 11.8 Å². The summed E-state index contributed by atoms with van der Waals surface area (Å²) in [6, 6.07) is 22.7. The van der Waals surface area contributed by atoms with Crippen molar-refractivity contribution < 1.29 is 22.7 Å². The lowest BCUT2D eigenvalue weighted by molar-refractivity contribution is -0.137. The van der Waals surface area contributed by atoms with Crippen LogP contribution in [0.5, 0.6) is 5.75 Å². The summed E-state index contributed by atoms with van der Waals surface area (Å²) in [4.78, 5) is 3.20. The minimum atomic E-state index is -4.38. The highest BCUT2D eigenvalue weighted by Gasteiger charge is 2.30. The van der Waals surface area contributed by atoms with Crippen molar-refractivity contribution in [2.24, 2.45) is 0 Å².